The smallest absolute Gasteiger partial charge is 0.323 e. The van der Waals surface area contributed by atoms with Gasteiger partial charge in [-0.15, -0.1) is 0 Å². The van der Waals surface area contributed by atoms with E-state index in [0.29, 0.717) is 6.61 Å². The molecule has 1 saturated heterocycles. The predicted octanol–water partition coefficient (Wildman–Crippen LogP) is 2.13. The Morgan fingerprint density at radius 2 is 2.10 bits per heavy atom. The van der Waals surface area contributed by atoms with Crippen LogP contribution in [0.3, 0.4) is 0 Å². The number of aliphatic hydroxyl groups excluding tert-OH is 1. The maximum Gasteiger partial charge on any atom is 0.323 e. The van der Waals surface area contributed by atoms with Crippen LogP contribution in [-0.2, 0) is 9.53 Å². The summed E-state index contributed by atoms with van der Waals surface area (Å²) in [6.45, 7) is 4.34. The van der Waals surface area contributed by atoms with Crippen molar-refractivity contribution >= 4 is 5.97 Å². The summed E-state index contributed by atoms with van der Waals surface area (Å²) in [5, 5.41) is 10.1. The molecular formula is C17H23NO3. The minimum atomic E-state index is -0.372. The van der Waals surface area contributed by atoms with E-state index in [9.17, 15) is 9.90 Å². The molecule has 0 spiro atoms. The third-order valence-corrected chi connectivity index (χ3v) is 4.96. The van der Waals surface area contributed by atoms with Crippen molar-refractivity contribution in [3.05, 3.63) is 35.9 Å². The molecule has 0 amide bonds. The summed E-state index contributed by atoms with van der Waals surface area (Å²) in [5.41, 5.74) is 1.20. The zero-order valence-electron chi connectivity index (χ0n) is 12.6. The van der Waals surface area contributed by atoms with Crippen LogP contribution in [0.2, 0.25) is 0 Å². The summed E-state index contributed by atoms with van der Waals surface area (Å²) in [7, 11) is 0. The summed E-state index contributed by atoms with van der Waals surface area (Å²) < 4.78 is 5.25. The first-order valence-corrected chi connectivity index (χ1v) is 7.80. The second-order valence-electron chi connectivity index (χ2n) is 6.09. The van der Waals surface area contributed by atoms with Crippen LogP contribution in [0.25, 0.3) is 0 Å². The summed E-state index contributed by atoms with van der Waals surface area (Å²) >= 11 is 0. The second-order valence-corrected chi connectivity index (χ2v) is 6.09. The highest BCUT2D eigenvalue weighted by Crippen LogP contribution is 2.47. The van der Waals surface area contributed by atoms with E-state index < -0.39 is 0 Å². The van der Waals surface area contributed by atoms with Crippen LogP contribution < -0.4 is 0 Å². The fourth-order valence-corrected chi connectivity index (χ4v) is 4.04. The van der Waals surface area contributed by atoms with E-state index >= 15 is 0 Å². The normalized spacial score (nSPS) is 33.1. The molecule has 1 aromatic rings. The van der Waals surface area contributed by atoms with Gasteiger partial charge in [-0.2, -0.15) is 0 Å². The summed E-state index contributed by atoms with van der Waals surface area (Å²) in [5.74, 6) is -0.174. The lowest BCUT2D eigenvalue weighted by Gasteiger charge is -2.39. The number of esters is 1. The van der Waals surface area contributed by atoms with E-state index in [1.54, 1.807) is 0 Å². The average Bonchev–Trinajstić information content (AvgIpc) is 3.04. The number of benzene rings is 1. The molecule has 3 rings (SSSR count). The molecule has 4 heteroatoms. The summed E-state index contributed by atoms with van der Waals surface area (Å²) in [6.07, 6.45) is 1.28. The Morgan fingerprint density at radius 1 is 1.38 bits per heavy atom. The maximum atomic E-state index is 12.4. The Kier molecular flexibility index (Phi) is 4.00. The minimum Gasteiger partial charge on any atom is -0.465 e. The zero-order valence-corrected chi connectivity index (χ0v) is 12.6. The first kappa shape index (κ1) is 14.5. The number of hydrogen-bond donors (Lipinski definition) is 1. The number of aliphatic hydroxyl groups is 1. The number of rotatable bonds is 4. The lowest BCUT2D eigenvalue weighted by atomic mass is 9.93. The third kappa shape index (κ3) is 2.47. The number of ether oxygens (including phenoxy) is 1. The van der Waals surface area contributed by atoms with Gasteiger partial charge in [0.15, 0.2) is 0 Å². The molecule has 1 aliphatic heterocycles. The average molecular weight is 289 g/mol. The van der Waals surface area contributed by atoms with Crippen molar-refractivity contribution in [2.45, 2.75) is 50.9 Å². The van der Waals surface area contributed by atoms with Gasteiger partial charge in [0.2, 0.25) is 0 Å². The molecule has 1 aromatic carbocycles. The highest BCUT2D eigenvalue weighted by molar-refractivity contribution is 5.77. The van der Waals surface area contributed by atoms with Gasteiger partial charge >= 0.3 is 5.97 Å². The molecule has 21 heavy (non-hydrogen) atoms. The molecule has 1 heterocycles. The molecule has 5 atom stereocenters. The number of hydrogen-bond acceptors (Lipinski definition) is 4. The Morgan fingerprint density at radius 3 is 2.76 bits per heavy atom. The summed E-state index contributed by atoms with van der Waals surface area (Å²) in [4.78, 5) is 14.6. The molecule has 2 fully saturated rings. The fraction of sp³-hybridized carbons (Fsp3) is 0.588. The lowest BCUT2D eigenvalue weighted by Crippen LogP contribution is -2.51. The monoisotopic (exact) mass is 289 g/mol. The van der Waals surface area contributed by atoms with E-state index in [-0.39, 0.29) is 36.1 Å². The van der Waals surface area contributed by atoms with Crippen LogP contribution in [0.15, 0.2) is 30.3 Å². The lowest BCUT2D eigenvalue weighted by molar-refractivity contribution is -0.155. The third-order valence-electron chi connectivity index (χ3n) is 4.96. The van der Waals surface area contributed by atoms with Crippen molar-refractivity contribution in [2.24, 2.45) is 5.92 Å². The van der Waals surface area contributed by atoms with Gasteiger partial charge in [0, 0.05) is 18.0 Å². The molecule has 2 aliphatic rings. The molecule has 1 N–H and O–H groups in total. The molecule has 1 aliphatic carbocycles. The largest absolute Gasteiger partial charge is 0.465 e. The van der Waals surface area contributed by atoms with Gasteiger partial charge in [0.05, 0.1) is 12.7 Å². The number of fused-ring (bicyclic) bond motifs is 2. The molecule has 114 valence electrons. The molecule has 1 saturated carbocycles. The van der Waals surface area contributed by atoms with Crippen LogP contribution in [0.5, 0.6) is 0 Å². The molecule has 0 unspecified atom stereocenters. The van der Waals surface area contributed by atoms with Gasteiger partial charge in [-0.25, -0.2) is 0 Å². The van der Waals surface area contributed by atoms with Gasteiger partial charge in [-0.1, -0.05) is 30.3 Å². The van der Waals surface area contributed by atoms with Crippen LogP contribution in [0.4, 0.5) is 0 Å². The molecule has 0 aromatic heterocycles. The first-order chi connectivity index (χ1) is 10.1. The Hall–Kier alpha value is -1.39. The van der Waals surface area contributed by atoms with Gasteiger partial charge in [0.1, 0.15) is 6.04 Å². The minimum absolute atomic E-state index is 0.0141. The highest BCUT2D eigenvalue weighted by atomic mass is 16.5. The second kappa shape index (κ2) is 5.78. The maximum absolute atomic E-state index is 12.4. The Labute approximate surface area is 125 Å². The summed E-state index contributed by atoms with van der Waals surface area (Å²) in [6, 6.07) is 10.3. The van der Waals surface area contributed by atoms with Crippen molar-refractivity contribution < 1.29 is 14.6 Å². The molecule has 0 radical (unpaired) electrons. The van der Waals surface area contributed by atoms with E-state index in [2.05, 4.69) is 24.0 Å². The predicted molar refractivity (Wildman–Crippen MR) is 79.6 cm³/mol. The van der Waals surface area contributed by atoms with Crippen molar-refractivity contribution in [3.8, 4) is 0 Å². The number of piperidine rings is 1. The van der Waals surface area contributed by atoms with Crippen LogP contribution in [0.1, 0.15) is 38.3 Å². The van der Waals surface area contributed by atoms with Crippen molar-refractivity contribution in [1.82, 2.24) is 4.90 Å². The van der Waals surface area contributed by atoms with Crippen molar-refractivity contribution in [1.29, 1.82) is 0 Å². The van der Waals surface area contributed by atoms with Gasteiger partial charge in [0.25, 0.3) is 0 Å². The van der Waals surface area contributed by atoms with Gasteiger partial charge in [-0.3, -0.25) is 9.69 Å². The fourth-order valence-electron chi connectivity index (χ4n) is 4.04. The van der Waals surface area contributed by atoms with E-state index in [0.717, 1.165) is 12.8 Å². The first-order valence-electron chi connectivity index (χ1n) is 7.80. The molecule has 2 bridgehead atoms. The quantitative estimate of drug-likeness (QED) is 0.863. The Balaban J connectivity index is 1.87. The Bertz CT molecular complexity index is 504. The number of likely N-dealkylation sites (tertiary alicyclic amines) is 1. The van der Waals surface area contributed by atoms with Crippen LogP contribution >= 0.6 is 0 Å². The number of carbonyl (C=O) groups excluding carboxylic acids is 1. The number of nitrogens with zero attached hydrogens (tertiary/aromatic N) is 1. The van der Waals surface area contributed by atoms with Crippen molar-refractivity contribution in [3.63, 3.8) is 0 Å². The number of carbonyl (C=O) groups is 1. The van der Waals surface area contributed by atoms with E-state index in [1.165, 1.54) is 5.56 Å². The van der Waals surface area contributed by atoms with E-state index in [1.807, 2.05) is 25.1 Å². The SMILES string of the molecule is CCOC(=O)[C@@H]1[C@@H]2C[C@H](C[C@H]2O)N1[C@H](C)c1ccccc1. The van der Waals surface area contributed by atoms with Crippen LogP contribution in [-0.4, -0.2) is 40.8 Å². The van der Waals surface area contributed by atoms with Crippen LogP contribution in [0, 0.1) is 5.92 Å². The molecular weight excluding hydrogens is 266 g/mol. The zero-order chi connectivity index (χ0) is 15.0. The van der Waals surface area contributed by atoms with Crippen molar-refractivity contribution in [2.75, 3.05) is 6.61 Å². The highest BCUT2D eigenvalue weighted by Gasteiger charge is 2.55. The van der Waals surface area contributed by atoms with E-state index in [4.69, 9.17) is 4.74 Å². The van der Waals surface area contributed by atoms with Gasteiger partial charge < -0.3 is 9.84 Å². The standard InChI is InChI=1S/C17H23NO3/c1-3-21-17(20)16-14-9-13(10-15(14)19)18(16)11(2)12-7-5-4-6-8-12/h4-8,11,13-16,19H,3,9-10H2,1-2H3/t11-,13-,14-,15-,16+/m1/s1. The molecule has 4 nitrogen and oxygen atoms in total. The topological polar surface area (TPSA) is 49.8 Å². The van der Waals surface area contributed by atoms with Gasteiger partial charge in [-0.05, 0) is 32.3 Å².